The van der Waals surface area contributed by atoms with Crippen LogP contribution in [-0.4, -0.2) is 19.8 Å². The highest BCUT2D eigenvalue weighted by Gasteiger charge is 2.02. The molecule has 0 N–H and O–H groups in total. The Bertz CT molecular complexity index is 384. The van der Waals surface area contributed by atoms with Crippen molar-refractivity contribution in [3.63, 3.8) is 0 Å². The van der Waals surface area contributed by atoms with Gasteiger partial charge in [0.25, 0.3) is 0 Å². The second-order valence-electron chi connectivity index (χ2n) is 4.43. The Balaban J connectivity index is 2.20. The molecule has 0 saturated heterocycles. The summed E-state index contributed by atoms with van der Waals surface area (Å²) in [5, 5.41) is 8.89. The summed E-state index contributed by atoms with van der Waals surface area (Å²) < 4.78 is 11.1. The van der Waals surface area contributed by atoms with Gasteiger partial charge < -0.3 is 9.47 Å². The van der Waals surface area contributed by atoms with E-state index in [2.05, 4.69) is 19.9 Å². The molecule has 0 aliphatic heterocycles. The first-order valence-electron chi connectivity index (χ1n) is 6.47. The van der Waals surface area contributed by atoms with E-state index < -0.39 is 0 Å². The number of para-hydroxylation sites is 1. The van der Waals surface area contributed by atoms with Gasteiger partial charge in [0.1, 0.15) is 18.4 Å². The highest BCUT2D eigenvalue weighted by Crippen LogP contribution is 2.16. The van der Waals surface area contributed by atoms with E-state index in [0.717, 1.165) is 6.61 Å². The average molecular weight is 247 g/mol. The van der Waals surface area contributed by atoms with Crippen molar-refractivity contribution in [2.24, 2.45) is 5.92 Å². The van der Waals surface area contributed by atoms with Gasteiger partial charge in [-0.15, -0.1) is 0 Å². The van der Waals surface area contributed by atoms with Crippen LogP contribution in [0.4, 0.5) is 0 Å². The Morgan fingerprint density at radius 3 is 2.78 bits per heavy atom. The van der Waals surface area contributed by atoms with E-state index in [9.17, 15) is 0 Å². The van der Waals surface area contributed by atoms with Crippen molar-refractivity contribution in [2.75, 3.05) is 19.8 Å². The molecule has 1 unspecified atom stereocenters. The first-order valence-corrected chi connectivity index (χ1v) is 6.47. The van der Waals surface area contributed by atoms with Crippen molar-refractivity contribution in [1.82, 2.24) is 0 Å². The van der Waals surface area contributed by atoms with E-state index in [1.165, 1.54) is 12.8 Å². The summed E-state index contributed by atoms with van der Waals surface area (Å²) in [4.78, 5) is 0. The molecule has 3 heteroatoms. The van der Waals surface area contributed by atoms with Crippen LogP contribution in [0.3, 0.4) is 0 Å². The van der Waals surface area contributed by atoms with Crippen molar-refractivity contribution < 1.29 is 9.47 Å². The molecule has 1 rings (SSSR count). The number of nitriles is 1. The number of hydrogen-bond donors (Lipinski definition) is 0. The second-order valence-corrected chi connectivity index (χ2v) is 4.43. The fourth-order valence-electron chi connectivity index (χ4n) is 1.76. The molecule has 0 radical (unpaired) electrons. The van der Waals surface area contributed by atoms with Crippen molar-refractivity contribution in [2.45, 2.75) is 26.7 Å². The van der Waals surface area contributed by atoms with Gasteiger partial charge in [-0.25, -0.2) is 0 Å². The Kier molecular flexibility index (Phi) is 6.90. The second kappa shape index (κ2) is 8.54. The minimum absolute atomic E-state index is 0.484. The molecule has 0 spiro atoms. The molecule has 18 heavy (non-hydrogen) atoms. The zero-order valence-electron chi connectivity index (χ0n) is 11.2. The summed E-state index contributed by atoms with van der Waals surface area (Å²) in [5.41, 5.74) is 0.567. The number of rotatable bonds is 8. The smallest absolute Gasteiger partial charge is 0.137 e. The summed E-state index contributed by atoms with van der Waals surface area (Å²) in [6.45, 7) is 6.19. The van der Waals surface area contributed by atoms with Gasteiger partial charge in [-0.3, -0.25) is 0 Å². The number of hydrogen-bond acceptors (Lipinski definition) is 3. The first-order chi connectivity index (χ1) is 8.77. The predicted octanol–water partition coefficient (Wildman–Crippen LogP) is 3.39. The fraction of sp³-hybridized carbons (Fsp3) is 0.533. The SMILES string of the molecule is CCCC(C)COCCOc1ccccc1C#N. The van der Waals surface area contributed by atoms with Crippen LogP contribution in [0.5, 0.6) is 5.75 Å². The normalized spacial score (nSPS) is 11.8. The van der Waals surface area contributed by atoms with Gasteiger partial charge in [0.15, 0.2) is 0 Å². The molecule has 0 aromatic heterocycles. The van der Waals surface area contributed by atoms with Gasteiger partial charge >= 0.3 is 0 Å². The van der Waals surface area contributed by atoms with E-state index in [0.29, 0.717) is 30.4 Å². The van der Waals surface area contributed by atoms with E-state index >= 15 is 0 Å². The summed E-state index contributed by atoms with van der Waals surface area (Å²) in [6.07, 6.45) is 2.38. The lowest BCUT2D eigenvalue weighted by atomic mass is 10.1. The third kappa shape index (κ3) is 5.20. The van der Waals surface area contributed by atoms with Gasteiger partial charge in [0.2, 0.25) is 0 Å². The maximum absolute atomic E-state index is 8.89. The van der Waals surface area contributed by atoms with E-state index in [-0.39, 0.29) is 0 Å². The fourth-order valence-corrected chi connectivity index (χ4v) is 1.76. The van der Waals surface area contributed by atoms with Crippen LogP contribution in [0.2, 0.25) is 0 Å². The molecular weight excluding hydrogens is 226 g/mol. The molecule has 0 amide bonds. The largest absolute Gasteiger partial charge is 0.490 e. The van der Waals surface area contributed by atoms with Crippen LogP contribution in [0, 0.1) is 17.2 Å². The Labute approximate surface area is 109 Å². The molecule has 0 aliphatic carbocycles. The summed E-state index contributed by atoms with van der Waals surface area (Å²) in [5.74, 6) is 1.23. The van der Waals surface area contributed by atoms with Crippen molar-refractivity contribution >= 4 is 0 Å². The van der Waals surface area contributed by atoms with Crippen molar-refractivity contribution in [3.05, 3.63) is 29.8 Å². The lowest BCUT2D eigenvalue weighted by Gasteiger charge is -2.11. The van der Waals surface area contributed by atoms with Crippen LogP contribution < -0.4 is 4.74 Å². The Morgan fingerprint density at radius 2 is 2.06 bits per heavy atom. The minimum atomic E-state index is 0.484. The summed E-state index contributed by atoms with van der Waals surface area (Å²) >= 11 is 0. The summed E-state index contributed by atoms with van der Waals surface area (Å²) in [7, 11) is 0. The zero-order valence-corrected chi connectivity index (χ0v) is 11.2. The van der Waals surface area contributed by atoms with E-state index in [4.69, 9.17) is 14.7 Å². The Morgan fingerprint density at radius 1 is 1.28 bits per heavy atom. The zero-order chi connectivity index (χ0) is 13.2. The average Bonchev–Trinajstić information content (AvgIpc) is 2.39. The van der Waals surface area contributed by atoms with Crippen LogP contribution >= 0.6 is 0 Å². The molecule has 1 aromatic rings. The first kappa shape index (κ1) is 14.5. The third-order valence-corrected chi connectivity index (χ3v) is 2.68. The molecule has 0 bridgehead atoms. The molecular formula is C15H21NO2. The molecule has 0 saturated carbocycles. The van der Waals surface area contributed by atoms with Crippen LogP contribution in [0.25, 0.3) is 0 Å². The van der Waals surface area contributed by atoms with Crippen LogP contribution in [-0.2, 0) is 4.74 Å². The van der Waals surface area contributed by atoms with Gasteiger partial charge in [-0.05, 0) is 24.5 Å². The number of benzene rings is 1. The molecule has 0 aliphatic rings. The molecule has 0 heterocycles. The third-order valence-electron chi connectivity index (χ3n) is 2.68. The molecule has 1 atom stereocenters. The molecule has 1 aromatic carbocycles. The van der Waals surface area contributed by atoms with E-state index in [1.807, 2.05) is 12.1 Å². The highest BCUT2D eigenvalue weighted by atomic mass is 16.5. The van der Waals surface area contributed by atoms with E-state index in [1.54, 1.807) is 12.1 Å². The van der Waals surface area contributed by atoms with Crippen LogP contribution in [0.15, 0.2) is 24.3 Å². The Hall–Kier alpha value is -1.53. The number of nitrogens with zero attached hydrogens (tertiary/aromatic N) is 1. The molecule has 98 valence electrons. The lowest BCUT2D eigenvalue weighted by molar-refractivity contribution is 0.0757. The van der Waals surface area contributed by atoms with Gasteiger partial charge in [0, 0.05) is 6.61 Å². The standard InChI is InChI=1S/C15H21NO2/c1-3-6-13(2)12-17-9-10-18-15-8-5-4-7-14(15)11-16/h4-5,7-8,13H,3,6,9-10,12H2,1-2H3. The number of ether oxygens (including phenoxy) is 2. The molecule has 3 nitrogen and oxygen atoms in total. The minimum Gasteiger partial charge on any atom is -0.490 e. The maximum Gasteiger partial charge on any atom is 0.137 e. The van der Waals surface area contributed by atoms with Crippen molar-refractivity contribution in [3.8, 4) is 11.8 Å². The maximum atomic E-state index is 8.89. The highest BCUT2D eigenvalue weighted by molar-refractivity contribution is 5.42. The molecule has 0 fully saturated rings. The van der Waals surface area contributed by atoms with Gasteiger partial charge in [-0.1, -0.05) is 32.4 Å². The van der Waals surface area contributed by atoms with Crippen molar-refractivity contribution in [1.29, 1.82) is 5.26 Å². The lowest BCUT2D eigenvalue weighted by Crippen LogP contribution is -2.12. The monoisotopic (exact) mass is 247 g/mol. The predicted molar refractivity (Wildman–Crippen MR) is 71.5 cm³/mol. The topological polar surface area (TPSA) is 42.2 Å². The van der Waals surface area contributed by atoms with Gasteiger partial charge in [-0.2, -0.15) is 5.26 Å². The van der Waals surface area contributed by atoms with Crippen LogP contribution in [0.1, 0.15) is 32.3 Å². The summed E-state index contributed by atoms with van der Waals surface area (Å²) in [6, 6.07) is 9.35. The van der Waals surface area contributed by atoms with Gasteiger partial charge in [0.05, 0.1) is 12.2 Å². The quantitative estimate of drug-likeness (QED) is 0.661.